The van der Waals surface area contributed by atoms with Gasteiger partial charge in [-0.3, -0.25) is 10.1 Å². The van der Waals surface area contributed by atoms with Gasteiger partial charge in [0.05, 0.1) is 0 Å². The van der Waals surface area contributed by atoms with E-state index in [9.17, 15) is 19.7 Å². The van der Waals surface area contributed by atoms with E-state index in [4.69, 9.17) is 18.7 Å². The Balaban J connectivity index is 2.04. The number of ether oxygens (including phenoxy) is 1. The second-order valence-electron chi connectivity index (χ2n) is 6.16. The molecule has 0 aliphatic carbocycles. The van der Waals surface area contributed by atoms with Gasteiger partial charge in [-0.05, 0) is 0 Å². The van der Waals surface area contributed by atoms with Crippen molar-refractivity contribution in [2.45, 2.75) is 37.9 Å². The van der Waals surface area contributed by atoms with Crippen molar-refractivity contribution in [2.75, 3.05) is 0 Å². The van der Waals surface area contributed by atoms with E-state index in [2.05, 4.69) is 0 Å². The number of esters is 1. The minimum absolute atomic E-state index is 0.0263. The Morgan fingerprint density at radius 2 is 2.08 bits per heavy atom. The van der Waals surface area contributed by atoms with E-state index in [1.165, 1.54) is 37.4 Å². The van der Waals surface area contributed by atoms with Gasteiger partial charge < -0.3 is 0 Å². The molecule has 8 nitrogen and oxygen atoms in total. The van der Waals surface area contributed by atoms with Gasteiger partial charge in [-0.2, -0.15) is 0 Å². The second kappa shape index (κ2) is 9.34. The molecule has 1 saturated heterocycles. The Bertz CT molecular complexity index is 690. The SMILES string of the molecule is CC(C)[C@H](C(=O)OCc1ccc([N+](=O)[O-])cc1)N1C(=O)[C@@H](N)[C@H]1[S][Hg][Cl]. The molecule has 3 atom stereocenters. The summed E-state index contributed by atoms with van der Waals surface area (Å²) in [4.78, 5) is 36.4. The van der Waals surface area contributed by atoms with Crippen LogP contribution in [0.5, 0.6) is 0 Å². The van der Waals surface area contributed by atoms with Gasteiger partial charge in [-0.25, -0.2) is 0 Å². The monoisotopic (exact) mass is 589 g/mol. The fourth-order valence-corrected chi connectivity index (χ4v) is 12.8. The van der Waals surface area contributed by atoms with Crippen LogP contribution < -0.4 is 5.73 Å². The third-order valence-corrected chi connectivity index (χ3v) is 13.8. The summed E-state index contributed by atoms with van der Waals surface area (Å²) in [6.45, 7) is 3.64. The van der Waals surface area contributed by atoms with Crippen molar-refractivity contribution in [3.63, 3.8) is 0 Å². The first-order chi connectivity index (χ1) is 12.3. The van der Waals surface area contributed by atoms with E-state index < -0.39 is 44.8 Å². The number of benzene rings is 1. The van der Waals surface area contributed by atoms with Crippen LogP contribution in [-0.4, -0.2) is 39.2 Å². The number of amides is 1. The molecule has 26 heavy (non-hydrogen) atoms. The quantitative estimate of drug-likeness (QED) is 0.163. The first-order valence-electron chi connectivity index (χ1n) is 7.93. The van der Waals surface area contributed by atoms with Crippen molar-refractivity contribution < 1.29 is 41.1 Å². The molecule has 138 valence electrons. The number of β-lactam (4-membered cyclic amide) rings is 1. The molecule has 2 N–H and O–H groups in total. The van der Waals surface area contributed by atoms with E-state index in [1.54, 1.807) is 0 Å². The van der Waals surface area contributed by atoms with Crippen molar-refractivity contribution >= 4 is 34.1 Å². The van der Waals surface area contributed by atoms with Gasteiger partial charge in [0.1, 0.15) is 0 Å². The zero-order chi connectivity index (χ0) is 19.4. The van der Waals surface area contributed by atoms with Crippen LogP contribution in [-0.2, 0) is 42.8 Å². The van der Waals surface area contributed by atoms with Crippen LogP contribution in [0.3, 0.4) is 0 Å². The van der Waals surface area contributed by atoms with Crippen LogP contribution >= 0.6 is 16.5 Å². The molecule has 1 fully saturated rings. The number of nitrogens with two attached hydrogens (primary N) is 1. The Morgan fingerprint density at radius 1 is 1.46 bits per heavy atom. The standard InChI is InChI=1S/C15H19N3O5S.ClH.Hg/c1-8(2)12(17-13(19)11(16)14(17)24)15(20)23-7-9-3-5-10(6-4-9)18(21)22;;/h3-6,8,11-12,14,24H,7,16H2,1-2H3;1H;/q;;+2/p-2/t11-,12-,14-;;/m1../s1. The molecular weight excluding hydrogens is 570 g/mol. The number of nitrogens with zero attached hydrogens (tertiary/aromatic N) is 2. The molecule has 0 unspecified atom stereocenters. The molecule has 1 aromatic rings. The zero-order valence-electron chi connectivity index (χ0n) is 14.3. The minimum atomic E-state index is -1.62. The average molecular weight is 588 g/mol. The molecule has 0 spiro atoms. The summed E-state index contributed by atoms with van der Waals surface area (Å²) >= 11 is -1.62. The van der Waals surface area contributed by atoms with Crippen molar-refractivity contribution in [2.24, 2.45) is 11.7 Å². The Morgan fingerprint density at radius 3 is 2.58 bits per heavy atom. The summed E-state index contributed by atoms with van der Waals surface area (Å²) in [5, 5.41) is 10.4. The third-order valence-electron chi connectivity index (χ3n) is 4.06. The number of nitro groups is 1. The number of hydrogen-bond acceptors (Lipinski definition) is 7. The van der Waals surface area contributed by atoms with Crippen LogP contribution in [0.1, 0.15) is 19.4 Å². The summed E-state index contributed by atoms with van der Waals surface area (Å²) in [7, 11) is 7.47. The van der Waals surface area contributed by atoms with E-state index in [-0.39, 0.29) is 29.5 Å². The summed E-state index contributed by atoms with van der Waals surface area (Å²) in [5.74, 6) is -0.937. The van der Waals surface area contributed by atoms with Crippen LogP contribution in [0, 0.1) is 16.0 Å². The molecule has 1 aromatic carbocycles. The fourth-order valence-electron chi connectivity index (χ4n) is 2.71. The van der Waals surface area contributed by atoms with Crippen LogP contribution in [0.15, 0.2) is 24.3 Å². The van der Waals surface area contributed by atoms with Gasteiger partial charge in [0.15, 0.2) is 0 Å². The molecule has 1 amide bonds. The predicted molar refractivity (Wildman–Crippen MR) is 93.6 cm³/mol. The van der Waals surface area contributed by atoms with Crippen molar-refractivity contribution in [3.8, 4) is 0 Å². The maximum absolute atomic E-state index is 12.6. The fraction of sp³-hybridized carbons (Fsp3) is 0.467. The number of carbonyl (C=O) groups is 2. The molecule has 2 rings (SSSR count). The molecule has 1 heterocycles. The number of hydrogen-bond donors (Lipinski definition) is 1. The molecule has 1 aliphatic heterocycles. The molecule has 1 aliphatic rings. The van der Waals surface area contributed by atoms with Crippen molar-refractivity contribution in [3.05, 3.63) is 39.9 Å². The third kappa shape index (κ3) is 4.68. The van der Waals surface area contributed by atoms with Gasteiger partial charge in [0.2, 0.25) is 0 Å². The molecule has 11 heteroatoms. The number of nitro benzene ring substituents is 1. The molecule has 0 saturated carbocycles. The van der Waals surface area contributed by atoms with Crippen molar-refractivity contribution in [1.82, 2.24) is 4.90 Å². The number of halogens is 1. The van der Waals surface area contributed by atoms with Gasteiger partial charge in [0, 0.05) is 0 Å². The number of carbonyl (C=O) groups excluding carboxylic acids is 2. The van der Waals surface area contributed by atoms with Gasteiger partial charge in [-0.1, -0.05) is 0 Å². The maximum atomic E-state index is 12.6. The summed E-state index contributed by atoms with van der Waals surface area (Å²) < 4.78 is 5.35. The first kappa shape index (κ1) is 21.4. The van der Waals surface area contributed by atoms with E-state index >= 15 is 0 Å². The van der Waals surface area contributed by atoms with Crippen LogP contribution in [0.2, 0.25) is 0 Å². The van der Waals surface area contributed by atoms with E-state index in [0.717, 1.165) is 0 Å². The zero-order valence-corrected chi connectivity index (χ0v) is 21.4. The second-order valence-corrected chi connectivity index (χ2v) is 19.4. The number of non-ortho nitro benzene ring substituents is 1. The van der Waals surface area contributed by atoms with Crippen LogP contribution in [0.4, 0.5) is 5.69 Å². The topological polar surface area (TPSA) is 116 Å². The average Bonchev–Trinajstić information content (AvgIpc) is 2.62. The first-order valence-corrected chi connectivity index (χ1v) is 22.5. The number of likely N-dealkylation sites (tertiary alicyclic amines) is 1. The molecular formula is C15H18ClHgN3O5S. The normalized spacial score (nSPS) is 20.3. The van der Waals surface area contributed by atoms with Gasteiger partial charge in [-0.15, -0.1) is 0 Å². The van der Waals surface area contributed by atoms with E-state index in [1.807, 2.05) is 13.8 Å². The molecule has 0 bridgehead atoms. The van der Waals surface area contributed by atoms with Crippen molar-refractivity contribution in [1.29, 1.82) is 0 Å². The Labute approximate surface area is 168 Å². The number of rotatable bonds is 8. The summed E-state index contributed by atoms with van der Waals surface area (Å²) in [5.41, 5.74) is 6.43. The molecule has 0 aromatic heterocycles. The molecule has 0 radical (unpaired) electrons. The summed E-state index contributed by atoms with van der Waals surface area (Å²) in [6.07, 6.45) is 0. The van der Waals surface area contributed by atoms with E-state index in [0.29, 0.717) is 5.56 Å². The predicted octanol–water partition coefficient (Wildman–Crippen LogP) is 2.04. The Hall–Kier alpha value is -0.905. The Kier molecular flexibility index (Phi) is 7.69. The van der Waals surface area contributed by atoms with Gasteiger partial charge in [0.25, 0.3) is 0 Å². The summed E-state index contributed by atoms with van der Waals surface area (Å²) in [6, 6.07) is 4.41. The van der Waals surface area contributed by atoms with Gasteiger partial charge >= 0.3 is 159 Å². The van der Waals surface area contributed by atoms with Crippen LogP contribution in [0.25, 0.3) is 0 Å².